The summed E-state index contributed by atoms with van der Waals surface area (Å²) in [5.41, 5.74) is 2.28. The van der Waals surface area contributed by atoms with Gasteiger partial charge in [-0.25, -0.2) is 4.98 Å². The van der Waals surface area contributed by atoms with E-state index in [4.69, 9.17) is 0 Å². The zero-order valence-electron chi connectivity index (χ0n) is 15.8. The predicted octanol–water partition coefficient (Wildman–Crippen LogP) is 2.98. The summed E-state index contributed by atoms with van der Waals surface area (Å²) in [6.45, 7) is 2.14. The van der Waals surface area contributed by atoms with E-state index in [9.17, 15) is 14.4 Å². The maximum atomic E-state index is 13.1. The molecule has 0 bridgehead atoms. The van der Waals surface area contributed by atoms with Crippen LogP contribution in [-0.4, -0.2) is 33.6 Å². The van der Waals surface area contributed by atoms with Gasteiger partial charge in [0.25, 0.3) is 11.8 Å². The van der Waals surface area contributed by atoms with E-state index in [1.54, 1.807) is 24.3 Å². The van der Waals surface area contributed by atoms with E-state index in [-0.39, 0.29) is 18.9 Å². The molecule has 0 radical (unpaired) electrons. The summed E-state index contributed by atoms with van der Waals surface area (Å²) in [5, 5.41) is 5.63. The van der Waals surface area contributed by atoms with Gasteiger partial charge in [0.15, 0.2) is 0 Å². The van der Waals surface area contributed by atoms with Gasteiger partial charge >= 0.3 is 0 Å². The molecule has 1 aromatic heterocycles. The van der Waals surface area contributed by atoms with Crippen molar-refractivity contribution in [3.63, 3.8) is 0 Å². The van der Waals surface area contributed by atoms with Crippen LogP contribution in [0.1, 0.15) is 37.0 Å². The van der Waals surface area contributed by atoms with Gasteiger partial charge in [0.05, 0.1) is 28.4 Å². The number of nitrogens with zero attached hydrogens (tertiary/aromatic N) is 2. The highest BCUT2D eigenvalue weighted by Gasteiger charge is 2.42. The first-order chi connectivity index (χ1) is 14.0. The number of hydrogen-bond donors (Lipinski definition) is 1. The molecule has 6 nitrogen and oxygen atoms in total. The van der Waals surface area contributed by atoms with E-state index >= 15 is 0 Å². The number of carbonyl (C=O) groups is 3. The lowest BCUT2D eigenvalue weighted by Crippen LogP contribution is -2.50. The van der Waals surface area contributed by atoms with Gasteiger partial charge in [-0.05, 0) is 24.6 Å². The van der Waals surface area contributed by atoms with Crippen LogP contribution >= 0.6 is 11.3 Å². The lowest BCUT2D eigenvalue weighted by molar-refractivity contribution is -0.125. The van der Waals surface area contributed by atoms with Crippen LogP contribution < -0.4 is 5.32 Å². The van der Waals surface area contributed by atoms with Crippen LogP contribution in [0.5, 0.6) is 0 Å². The Labute approximate surface area is 172 Å². The molecule has 1 aliphatic heterocycles. The van der Waals surface area contributed by atoms with E-state index in [1.807, 2.05) is 42.6 Å². The minimum Gasteiger partial charge on any atom is -0.349 e. The molecule has 0 saturated carbocycles. The second-order valence-corrected chi connectivity index (χ2v) is 7.87. The molecular formula is C22H19N3O3S. The monoisotopic (exact) mass is 405 g/mol. The summed E-state index contributed by atoms with van der Waals surface area (Å²) in [4.78, 5) is 44.4. The largest absolute Gasteiger partial charge is 0.349 e. The molecule has 1 aliphatic rings. The van der Waals surface area contributed by atoms with Crippen molar-refractivity contribution >= 4 is 29.1 Å². The van der Waals surface area contributed by atoms with Crippen LogP contribution in [0.3, 0.4) is 0 Å². The van der Waals surface area contributed by atoms with Crippen molar-refractivity contribution in [1.82, 2.24) is 15.2 Å². The van der Waals surface area contributed by atoms with Gasteiger partial charge in [-0.2, -0.15) is 0 Å². The predicted molar refractivity (Wildman–Crippen MR) is 110 cm³/mol. The molecule has 1 N–H and O–H groups in total. The molecule has 0 saturated heterocycles. The van der Waals surface area contributed by atoms with E-state index in [2.05, 4.69) is 10.3 Å². The average Bonchev–Trinajstić information content (AvgIpc) is 3.27. The van der Waals surface area contributed by atoms with Gasteiger partial charge in [0.2, 0.25) is 5.91 Å². The van der Waals surface area contributed by atoms with Crippen molar-refractivity contribution in [3.05, 3.63) is 87.4 Å². The number of hydrogen-bond acceptors (Lipinski definition) is 5. The van der Waals surface area contributed by atoms with Gasteiger partial charge in [0.1, 0.15) is 6.04 Å². The third-order valence-electron chi connectivity index (χ3n) is 4.82. The number of benzene rings is 2. The molecule has 1 atom stereocenters. The lowest BCUT2D eigenvalue weighted by Gasteiger charge is -2.25. The lowest BCUT2D eigenvalue weighted by atomic mass is 10.0. The van der Waals surface area contributed by atoms with Crippen LogP contribution in [-0.2, 0) is 17.8 Å². The highest BCUT2D eigenvalue weighted by molar-refractivity contribution is 7.09. The standard InChI is InChI=1S/C22H19N3O3S/c1-14-24-16(13-29-14)12-23-20(26)19(11-15-7-3-2-4-8-15)25-21(27)17-9-5-6-10-18(17)22(25)28/h2-10,13,19H,11-12H2,1H3,(H,23,26). The summed E-state index contributed by atoms with van der Waals surface area (Å²) < 4.78 is 0. The fourth-order valence-corrected chi connectivity index (χ4v) is 4.03. The molecule has 7 heteroatoms. The summed E-state index contributed by atoms with van der Waals surface area (Å²) in [5.74, 6) is -1.26. The molecule has 4 rings (SSSR count). The molecule has 0 aliphatic carbocycles. The van der Waals surface area contributed by atoms with Crippen LogP contribution in [0.2, 0.25) is 0 Å². The number of imide groups is 1. The highest BCUT2D eigenvalue weighted by atomic mass is 32.1. The van der Waals surface area contributed by atoms with Crippen molar-refractivity contribution in [2.45, 2.75) is 25.9 Å². The quantitative estimate of drug-likeness (QED) is 0.640. The van der Waals surface area contributed by atoms with Crippen LogP contribution in [0.25, 0.3) is 0 Å². The summed E-state index contributed by atoms with van der Waals surface area (Å²) in [6.07, 6.45) is 0.244. The normalized spacial score (nSPS) is 14.0. The van der Waals surface area contributed by atoms with Crippen LogP contribution in [0, 0.1) is 6.92 Å². The second-order valence-electron chi connectivity index (χ2n) is 6.81. The Bertz CT molecular complexity index is 1040. The number of aryl methyl sites for hydroxylation is 1. The van der Waals surface area contributed by atoms with Crippen molar-refractivity contribution < 1.29 is 14.4 Å². The molecule has 0 spiro atoms. The Hall–Kier alpha value is -3.32. The first-order valence-electron chi connectivity index (χ1n) is 9.24. The Kier molecular flexibility index (Phi) is 5.22. The average molecular weight is 405 g/mol. The maximum absolute atomic E-state index is 13.1. The van der Waals surface area contributed by atoms with Crippen molar-refractivity contribution in [2.75, 3.05) is 0 Å². The van der Waals surface area contributed by atoms with Crippen molar-refractivity contribution in [3.8, 4) is 0 Å². The second kappa shape index (κ2) is 7.97. The topological polar surface area (TPSA) is 79.4 Å². The Morgan fingerprint density at radius 2 is 1.66 bits per heavy atom. The smallest absolute Gasteiger partial charge is 0.262 e. The number of nitrogens with one attached hydrogen (secondary N) is 1. The number of carbonyl (C=O) groups excluding carboxylic acids is 3. The van der Waals surface area contributed by atoms with E-state index in [1.165, 1.54) is 11.3 Å². The SMILES string of the molecule is Cc1nc(CNC(=O)C(Cc2ccccc2)N2C(=O)c3ccccc3C2=O)cs1. The molecule has 1 unspecified atom stereocenters. The summed E-state index contributed by atoms with van der Waals surface area (Å²) >= 11 is 1.50. The molecule has 3 amide bonds. The zero-order chi connectivity index (χ0) is 20.4. The third kappa shape index (κ3) is 3.82. The van der Waals surface area contributed by atoms with Gasteiger partial charge in [-0.3, -0.25) is 19.3 Å². The van der Waals surface area contributed by atoms with E-state index in [0.717, 1.165) is 21.2 Å². The molecule has 29 heavy (non-hydrogen) atoms. The molecule has 2 heterocycles. The summed E-state index contributed by atoms with van der Waals surface area (Å²) in [7, 11) is 0. The first-order valence-corrected chi connectivity index (χ1v) is 10.1. The number of rotatable bonds is 6. The highest BCUT2D eigenvalue weighted by Crippen LogP contribution is 2.26. The molecule has 2 aromatic carbocycles. The number of fused-ring (bicyclic) bond motifs is 1. The van der Waals surface area contributed by atoms with Crippen molar-refractivity contribution in [1.29, 1.82) is 0 Å². The fourth-order valence-electron chi connectivity index (χ4n) is 3.41. The minimum absolute atomic E-state index is 0.244. The van der Waals surface area contributed by atoms with E-state index in [0.29, 0.717) is 11.1 Å². The van der Waals surface area contributed by atoms with Crippen LogP contribution in [0.15, 0.2) is 60.0 Å². The number of amides is 3. The maximum Gasteiger partial charge on any atom is 0.262 e. The molecule has 0 fully saturated rings. The Morgan fingerprint density at radius 3 is 2.24 bits per heavy atom. The zero-order valence-corrected chi connectivity index (χ0v) is 16.6. The first kappa shape index (κ1) is 19.0. The van der Waals surface area contributed by atoms with Gasteiger partial charge < -0.3 is 5.32 Å². The fraction of sp³-hybridized carbons (Fsp3) is 0.182. The number of thiazole rings is 1. The van der Waals surface area contributed by atoms with Crippen LogP contribution in [0.4, 0.5) is 0 Å². The number of aromatic nitrogens is 1. The van der Waals surface area contributed by atoms with Gasteiger partial charge in [-0.15, -0.1) is 11.3 Å². The Balaban J connectivity index is 1.61. The van der Waals surface area contributed by atoms with Gasteiger partial charge in [-0.1, -0.05) is 42.5 Å². The summed E-state index contributed by atoms with van der Waals surface area (Å²) in [6, 6.07) is 15.1. The third-order valence-corrected chi connectivity index (χ3v) is 5.64. The molecule has 3 aromatic rings. The minimum atomic E-state index is -0.940. The van der Waals surface area contributed by atoms with Gasteiger partial charge in [0, 0.05) is 11.8 Å². The van der Waals surface area contributed by atoms with E-state index < -0.39 is 17.9 Å². The Morgan fingerprint density at radius 1 is 1.03 bits per heavy atom. The molecule has 146 valence electrons. The molecular weight excluding hydrogens is 386 g/mol. The van der Waals surface area contributed by atoms with Crippen molar-refractivity contribution in [2.24, 2.45) is 0 Å².